The number of thioether (sulfide) groups is 1. The number of aromatic nitrogens is 1. The third-order valence-corrected chi connectivity index (χ3v) is 25.1. The van der Waals surface area contributed by atoms with Crippen molar-refractivity contribution < 1.29 is 92.0 Å². The van der Waals surface area contributed by atoms with Crippen LogP contribution in [0.2, 0.25) is 0 Å². The van der Waals surface area contributed by atoms with Gasteiger partial charge in [-0.2, -0.15) is 0 Å². The van der Waals surface area contributed by atoms with E-state index in [1.807, 2.05) is 6.92 Å². The van der Waals surface area contributed by atoms with Crippen molar-refractivity contribution in [3.05, 3.63) is 203 Å². The van der Waals surface area contributed by atoms with Gasteiger partial charge in [-0.1, -0.05) is 187 Å². The zero-order valence-corrected chi connectivity index (χ0v) is 78.4. The Morgan fingerprint density at radius 1 is 0.493 bits per heavy atom. The summed E-state index contributed by atoms with van der Waals surface area (Å²) < 4.78 is 0. The lowest BCUT2D eigenvalue weighted by molar-refractivity contribution is -0.151. The second kappa shape index (κ2) is 49.2. The molecule has 0 unspecified atom stereocenters. The minimum absolute atomic E-state index is 0.00440. The third-order valence-electron chi connectivity index (χ3n) is 24.1. The molecule has 0 aliphatic carbocycles. The number of phenolic OH excluding ortho intramolecular Hbond substituents is 2. The smallest absolute Gasteiger partial charge is 0.305 e. The number of benzene rings is 6. The van der Waals surface area contributed by atoms with Crippen molar-refractivity contribution in [3.8, 4) is 11.5 Å². The first-order chi connectivity index (χ1) is 63.7. The number of rotatable bonds is 24. The molecule has 2 aliphatic heterocycles. The quantitative estimate of drug-likeness (QED) is 0.0380. The summed E-state index contributed by atoms with van der Waals surface area (Å²) >= 11 is 0.835. The summed E-state index contributed by atoms with van der Waals surface area (Å²) in [5, 5.41) is 56.4. The molecule has 12 atom stereocenters. The average molecular weight is 1860 g/mol. The standard InChI is InChI=1S/C98H126N16O19S/c1-12-13-17-34-78-95(131)110(8)55-82(118)102-73(52-84(120)121)90(126)109-85(59(4)5)97(133)112(10)79(49-61-28-20-15-21-29-61)92(128)107-75(48-64-37-41-67(116)42-38-64)94(130)114-77(43-44-98(114,6)7)91(127)106-72(51-65-53-100-69-33-25-24-32-68(65)69)89(125)105-71(46-63-35-39-66(115)40-36-63)88(124)104-70(45-58(2)3)87(123)108-76(86(122)101-54-81(99)117)56-134-57-83(119)103-74(47-60-26-18-14-19-27-60)93(129)113(11)80(96(132)111(78)9)50-62-30-22-16-23-31-62/h14-16,18-33,35-42,53,58-59,70-80,85,100,115-116H,12-13,17,34,43-52,54-57H2,1-11H3,(H2,99,117)(H,101,122)(H,102,118)(H,103,119)(H,104,124)(H,105,125)(H,106,127)(H,107,128)(H,108,123)(H,109,126)(H,120,121)/t70-,71-,72-,73-,74-,75-,76-,77+,78-,79-,80-,85-/m0/s1. The number of likely N-dealkylation sites (N-methyl/N-ethyl adjacent to an activating group) is 4. The fraction of sp³-hybridized carbons (Fsp3) is 0.449. The number of aromatic hydroxyl groups is 2. The number of phenols is 2. The Labute approximate surface area is 784 Å². The summed E-state index contributed by atoms with van der Waals surface area (Å²) in [4.78, 5) is 248. The maximum Gasteiger partial charge on any atom is 0.305 e. The number of primary amides is 1. The summed E-state index contributed by atoms with van der Waals surface area (Å²) in [6, 6.07) is 26.2. The van der Waals surface area contributed by atoms with Gasteiger partial charge in [0, 0.05) is 95.1 Å². The molecule has 2 fully saturated rings. The Kier molecular flexibility index (Phi) is 38.2. The Morgan fingerprint density at radius 3 is 1.53 bits per heavy atom. The summed E-state index contributed by atoms with van der Waals surface area (Å²) in [6.45, 7) is 10.5. The molecule has 2 aliphatic rings. The van der Waals surface area contributed by atoms with Gasteiger partial charge in [0.1, 0.15) is 84.0 Å². The number of hydrogen-bond donors (Lipinski definition) is 14. The van der Waals surface area contributed by atoms with E-state index in [4.69, 9.17) is 5.73 Å². The number of carbonyl (C=O) groups excluding carboxylic acids is 15. The van der Waals surface area contributed by atoms with E-state index in [9.17, 15) is 44.1 Å². The first kappa shape index (κ1) is 104. The van der Waals surface area contributed by atoms with Crippen LogP contribution in [-0.2, 0) is 115 Å². The predicted octanol–water partition coefficient (Wildman–Crippen LogP) is 4.03. The van der Waals surface area contributed by atoms with Gasteiger partial charge >= 0.3 is 5.97 Å². The van der Waals surface area contributed by atoms with Crippen LogP contribution in [0.3, 0.4) is 0 Å². The highest BCUT2D eigenvalue weighted by Crippen LogP contribution is 2.36. The van der Waals surface area contributed by atoms with Gasteiger partial charge in [-0.25, -0.2) is 0 Å². The molecule has 0 radical (unpaired) electrons. The Bertz CT molecular complexity index is 5280. The van der Waals surface area contributed by atoms with Gasteiger partial charge in [0.25, 0.3) is 0 Å². The van der Waals surface area contributed by atoms with Gasteiger partial charge in [-0.15, -0.1) is 11.8 Å². The largest absolute Gasteiger partial charge is 0.508 e. The number of carboxylic acids is 1. The molecule has 0 spiro atoms. The molecular formula is C98H126N16O19S. The van der Waals surface area contributed by atoms with E-state index in [-0.39, 0.29) is 87.4 Å². The molecule has 6 aromatic carbocycles. The highest BCUT2D eigenvalue weighted by atomic mass is 32.2. The van der Waals surface area contributed by atoms with Gasteiger partial charge in [0.05, 0.1) is 25.3 Å². The zero-order valence-electron chi connectivity index (χ0n) is 77.6. The van der Waals surface area contributed by atoms with E-state index in [1.54, 1.807) is 163 Å². The number of carbonyl (C=O) groups is 16. The molecule has 134 heavy (non-hydrogen) atoms. The van der Waals surface area contributed by atoms with Gasteiger partial charge in [-0.05, 0) is 115 Å². The molecule has 2 saturated heterocycles. The third kappa shape index (κ3) is 29.7. The minimum Gasteiger partial charge on any atom is -0.508 e. The molecule has 7 aromatic rings. The van der Waals surface area contributed by atoms with Crippen LogP contribution >= 0.6 is 11.8 Å². The predicted molar refractivity (Wildman–Crippen MR) is 503 cm³/mol. The van der Waals surface area contributed by atoms with Crippen molar-refractivity contribution in [3.63, 3.8) is 0 Å². The molecule has 35 nitrogen and oxygen atoms in total. The first-order valence-electron chi connectivity index (χ1n) is 45.1. The Balaban J connectivity index is 1.14. The van der Waals surface area contributed by atoms with Crippen molar-refractivity contribution in [2.24, 2.45) is 17.6 Å². The number of carboxylic acid groups (broad SMARTS) is 1. The number of nitrogens with two attached hydrogens (primary N) is 1. The maximum absolute atomic E-state index is 16.2. The van der Waals surface area contributed by atoms with Crippen LogP contribution in [0.4, 0.5) is 0 Å². The van der Waals surface area contributed by atoms with Crippen molar-refractivity contribution in [1.82, 2.24) is 77.3 Å². The van der Waals surface area contributed by atoms with E-state index in [0.717, 1.165) is 21.6 Å². The van der Waals surface area contributed by atoms with Crippen LogP contribution in [0, 0.1) is 11.8 Å². The van der Waals surface area contributed by atoms with Gasteiger partial charge in [-0.3, -0.25) is 76.7 Å². The van der Waals surface area contributed by atoms with Crippen molar-refractivity contribution in [2.75, 3.05) is 52.8 Å². The van der Waals surface area contributed by atoms with E-state index in [1.165, 1.54) is 91.4 Å². The van der Waals surface area contributed by atoms with E-state index in [0.29, 0.717) is 63.5 Å². The van der Waals surface area contributed by atoms with Crippen LogP contribution in [-0.4, -0.2) is 270 Å². The second-order valence-corrected chi connectivity index (χ2v) is 36.8. The van der Waals surface area contributed by atoms with Crippen LogP contribution in [0.15, 0.2) is 170 Å². The van der Waals surface area contributed by atoms with E-state index < -0.39 is 204 Å². The molecule has 15 N–H and O–H groups in total. The van der Waals surface area contributed by atoms with Gasteiger partial charge in [0.2, 0.25) is 88.6 Å². The summed E-state index contributed by atoms with van der Waals surface area (Å²) in [5.41, 5.74) is 8.02. The number of aromatic amines is 1. The molecule has 0 bridgehead atoms. The Hall–Kier alpha value is -13.7. The highest BCUT2D eigenvalue weighted by Gasteiger charge is 2.50. The lowest BCUT2D eigenvalue weighted by atomic mass is 9.97. The number of fused-ring (bicyclic) bond motifs is 2. The number of unbranched alkanes of at least 4 members (excludes halogenated alkanes) is 2. The SMILES string of the molecule is CCCCC[C@H]1C(=O)N(C)CC(=O)N[C@@H](CC(=O)O)C(=O)N[C@@H](C(C)C)C(=O)N(C)[C@@H](Cc2ccccc2)C(=O)N[C@@H](Cc2ccc(O)cc2)C(=O)N2[C@H](CCC2(C)C)C(=O)N[C@@H](Cc2c[nH]c3ccccc23)C(=O)N[C@@H](Cc2ccc(O)cc2)C(=O)N[C@@H](CC(C)C)C(=O)N[C@H](C(=O)NCC(N)=O)CSCC(=O)N[C@@H](Cc2ccccc2)C(=O)N(C)[C@@H](Cc2ccccc2)C(=O)N1C. The fourth-order valence-corrected chi connectivity index (χ4v) is 17.5. The molecule has 0 saturated carbocycles. The Morgan fingerprint density at radius 2 is 0.970 bits per heavy atom. The van der Waals surface area contributed by atoms with Crippen LogP contribution in [0.5, 0.6) is 11.5 Å². The maximum atomic E-state index is 16.2. The lowest BCUT2D eigenvalue weighted by Crippen LogP contribution is -2.63. The van der Waals surface area contributed by atoms with Crippen molar-refractivity contribution in [2.45, 2.75) is 216 Å². The lowest BCUT2D eigenvalue weighted by Gasteiger charge is -2.39. The molecule has 15 amide bonds. The molecule has 1 aromatic heterocycles. The van der Waals surface area contributed by atoms with E-state index >= 15 is 47.9 Å². The number of para-hydroxylation sites is 1. The zero-order chi connectivity index (χ0) is 97.8. The summed E-state index contributed by atoms with van der Waals surface area (Å²) in [6.07, 6.45) is 1.10. The summed E-state index contributed by atoms with van der Waals surface area (Å²) in [5.74, 6) is -17.2. The summed E-state index contributed by atoms with van der Waals surface area (Å²) in [7, 11) is 5.34. The number of aliphatic carboxylic acids is 1. The van der Waals surface area contributed by atoms with Crippen LogP contribution < -0.4 is 53.6 Å². The van der Waals surface area contributed by atoms with E-state index in [2.05, 4.69) is 52.8 Å². The second-order valence-electron chi connectivity index (χ2n) is 35.7. The molecule has 3 heterocycles. The van der Waals surface area contributed by atoms with Crippen LogP contribution in [0.25, 0.3) is 10.9 Å². The first-order valence-corrected chi connectivity index (χ1v) is 46.2. The van der Waals surface area contributed by atoms with Gasteiger partial charge < -0.3 is 98.4 Å². The average Bonchev–Trinajstić information content (AvgIpc) is 1.61. The molecule has 9 rings (SSSR count). The fourth-order valence-electron chi connectivity index (χ4n) is 16.6. The number of amides is 15. The van der Waals surface area contributed by atoms with Crippen molar-refractivity contribution in [1.29, 1.82) is 0 Å². The van der Waals surface area contributed by atoms with Crippen LogP contribution in [0.1, 0.15) is 133 Å². The number of nitrogens with one attached hydrogen (secondary N) is 10. The minimum atomic E-state index is -1.91. The topological polar surface area (TPSA) is 500 Å². The van der Waals surface area contributed by atoms with Crippen molar-refractivity contribution >= 4 is 117 Å². The molecule has 718 valence electrons. The monoisotopic (exact) mass is 1860 g/mol. The highest BCUT2D eigenvalue weighted by molar-refractivity contribution is 8.00. The van der Waals surface area contributed by atoms with Gasteiger partial charge in [0.15, 0.2) is 0 Å². The number of nitrogens with zero attached hydrogens (tertiary/aromatic N) is 5. The number of hydrogen-bond acceptors (Lipinski definition) is 19. The molecular weight excluding hydrogens is 1740 g/mol. The normalized spacial score (nSPS) is 22.9. The number of H-pyrrole nitrogens is 1. The molecule has 36 heteroatoms.